The van der Waals surface area contributed by atoms with Gasteiger partial charge in [-0.15, -0.1) is 0 Å². The average molecular weight is 736 g/mol. The fraction of sp³-hybridized carbons (Fsp3) is 0.476. The second kappa shape index (κ2) is 13.6. The summed E-state index contributed by atoms with van der Waals surface area (Å²) < 4.78 is 25.7. The highest BCUT2D eigenvalue weighted by Gasteiger charge is 2.39. The zero-order valence-corrected chi connectivity index (χ0v) is 32.0. The van der Waals surface area contributed by atoms with E-state index >= 15 is 0 Å². The molecular weight excluding hydrogens is 686 g/mol. The fourth-order valence-corrected chi connectivity index (χ4v) is 8.44. The number of carbonyl (C=O) groups excluding carboxylic acids is 2. The minimum absolute atomic E-state index is 0.0234. The summed E-state index contributed by atoms with van der Waals surface area (Å²) in [6.45, 7) is 12.6. The van der Waals surface area contributed by atoms with Gasteiger partial charge in [-0.05, 0) is 140 Å². The lowest BCUT2D eigenvalue weighted by Gasteiger charge is -2.33. The van der Waals surface area contributed by atoms with Crippen molar-refractivity contribution < 1.29 is 23.5 Å². The summed E-state index contributed by atoms with van der Waals surface area (Å²) in [5.74, 6) is 1.26. The van der Waals surface area contributed by atoms with Gasteiger partial charge in [0.05, 0.1) is 46.2 Å². The van der Waals surface area contributed by atoms with Crippen LogP contribution in [0.25, 0.3) is 22.1 Å². The van der Waals surface area contributed by atoms with Crippen molar-refractivity contribution in [3.05, 3.63) is 89.3 Å². The van der Waals surface area contributed by atoms with Gasteiger partial charge in [-0.3, -0.25) is 9.80 Å². The van der Waals surface area contributed by atoms with Gasteiger partial charge >= 0.3 is 12.2 Å². The number of aromatic amines is 2. The highest BCUT2D eigenvalue weighted by atomic mass is 19.1. The molecule has 5 heterocycles. The Hall–Kier alpha value is -5.13. The van der Waals surface area contributed by atoms with E-state index in [1.807, 2.05) is 53.7 Å². The van der Waals surface area contributed by atoms with E-state index in [2.05, 4.69) is 51.3 Å². The summed E-state index contributed by atoms with van der Waals surface area (Å²) in [6, 6.07) is 19.2. The number of benzene rings is 3. The fourth-order valence-electron chi connectivity index (χ4n) is 8.44. The SMILES string of the molecule is CC(C)(C)OC(=O)N1CCCC1c1nc2ccc(C3CCC(c4ccc5nc(C6CCCN6C(=O)OC(C)(C)C)[nH]c5c4)N3c3ccc(F)cc3)cc2[nH]1. The number of halogens is 1. The van der Waals surface area contributed by atoms with Gasteiger partial charge in [0, 0.05) is 18.8 Å². The molecule has 3 aliphatic rings. The van der Waals surface area contributed by atoms with Crippen molar-refractivity contribution in [2.24, 2.45) is 0 Å². The van der Waals surface area contributed by atoms with Gasteiger partial charge in [-0.1, -0.05) is 12.1 Å². The van der Waals surface area contributed by atoms with Crippen LogP contribution in [0, 0.1) is 5.82 Å². The van der Waals surface area contributed by atoms with Crippen LogP contribution >= 0.6 is 0 Å². The summed E-state index contributed by atoms with van der Waals surface area (Å²) in [5.41, 5.74) is 5.59. The van der Waals surface area contributed by atoms with Crippen LogP contribution in [0.15, 0.2) is 60.7 Å². The van der Waals surface area contributed by atoms with Crippen molar-refractivity contribution in [2.45, 2.75) is 115 Å². The molecule has 284 valence electrons. The highest BCUT2D eigenvalue weighted by Crippen LogP contribution is 2.48. The van der Waals surface area contributed by atoms with E-state index in [4.69, 9.17) is 19.4 Å². The molecule has 4 atom stereocenters. The quantitative estimate of drug-likeness (QED) is 0.184. The summed E-state index contributed by atoms with van der Waals surface area (Å²) in [7, 11) is 0. The van der Waals surface area contributed by atoms with E-state index in [1.54, 1.807) is 9.80 Å². The maximum Gasteiger partial charge on any atom is 0.410 e. The third-order valence-corrected chi connectivity index (χ3v) is 10.7. The second-order valence-corrected chi connectivity index (χ2v) is 17.0. The van der Waals surface area contributed by atoms with E-state index < -0.39 is 11.2 Å². The second-order valence-electron chi connectivity index (χ2n) is 17.0. The highest BCUT2D eigenvalue weighted by molar-refractivity contribution is 5.78. The Bertz CT molecular complexity index is 2050. The molecule has 2 N–H and O–H groups in total. The first-order valence-corrected chi connectivity index (χ1v) is 19.2. The van der Waals surface area contributed by atoms with Crippen LogP contribution in [0.2, 0.25) is 0 Å². The monoisotopic (exact) mass is 735 g/mol. The molecule has 11 nitrogen and oxygen atoms in total. The largest absolute Gasteiger partial charge is 0.444 e. The molecule has 0 bridgehead atoms. The average Bonchev–Trinajstić information content (AvgIpc) is 3.94. The standard InChI is InChI=1S/C42H50FN7O4/c1-41(2,3)53-39(51)48-21-7-9-35(48)37-44-29-17-11-25(23-31(29)46-37)33-19-20-34(50(33)28-15-13-27(43)14-16-28)26-12-18-30-32(24-26)47-38(45-30)36-10-8-22-49(36)40(52)54-42(4,5)6/h11-18,23-24,33-36H,7-10,19-22H2,1-6H3,(H,44,46)(H,45,47). The van der Waals surface area contributed by atoms with Crippen LogP contribution in [-0.2, 0) is 9.47 Å². The third kappa shape index (κ3) is 7.10. The third-order valence-electron chi connectivity index (χ3n) is 10.7. The van der Waals surface area contributed by atoms with Gasteiger partial charge in [-0.25, -0.2) is 23.9 Å². The number of nitrogens with one attached hydrogen (secondary N) is 2. The molecule has 0 radical (unpaired) electrons. The van der Waals surface area contributed by atoms with E-state index in [0.29, 0.717) is 13.1 Å². The Kier molecular flexibility index (Phi) is 9.05. The first-order chi connectivity index (χ1) is 25.7. The lowest BCUT2D eigenvalue weighted by molar-refractivity contribution is 0.0208. The summed E-state index contributed by atoms with van der Waals surface area (Å²) in [5, 5.41) is 0. The minimum Gasteiger partial charge on any atom is -0.444 e. The Balaban J connectivity index is 1.08. The Morgan fingerprint density at radius 1 is 0.648 bits per heavy atom. The van der Waals surface area contributed by atoms with Crippen molar-refractivity contribution in [3.63, 3.8) is 0 Å². The Morgan fingerprint density at radius 2 is 1.09 bits per heavy atom. The van der Waals surface area contributed by atoms with E-state index in [9.17, 15) is 14.0 Å². The maximum atomic E-state index is 14.2. The van der Waals surface area contributed by atoms with Crippen LogP contribution in [0.3, 0.4) is 0 Å². The van der Waals surface area contributed by atoms with Crippen LogP contribution in [0.1, 0.15) is 127 Å². The molecule has 3 aliphatic heterocycles. The predicted molar refractivity (Wildman–Crippen MR) is 206 cm³/mol. The number of amides is 2. The van der Waals surface area contributed by atoms with Crippen molar-refractivity contribution in [1.82, 2.24) is 29.7 Å². The molecule has 5 aromatic rings. The van der Waals surface area contributed by atoms with Crippen molar-refractivity contribution in [3.8, 4) is 0 Å². The maximum absolute atomic E-state index is 14.2. The van der Waals surface area contributed by atoms with E-state index in [1.165, 1.54) is 12.1 Å². The number of ether oxygens (including phenoxy) is 2. The predicted octanol–water partition coefficient (Wildman–Crippen LogP) is 9.81. The van der Waals surface area contributed by atoms with Crippen LogP contribution in [0.4, 0.5) is 19.7 Å². The van der Waals surface area contributed by atoms with Gasteiger partial charge in [0.15, 0.2) is 0 Å². The molecule has 4 unspecified atom stereocenters. The molecule has 2 aromatic heterocycles. The van der Waals surface area contributed by atoms with Crippen molar-refractivity contribution in [1.29, 1.82) is 0 Å². The molecule has 3 aromatic carbocycles. The normalized spacial score (nSPS) is 22.2. The van der Waals surface area contributed by atoms with E-state index in [-0.39, 0.29) is 42.2 Å². The van der Waals surface area contributed by atoms with Crippen LogP contribution in [0.5, 0.6) is 0 Å². The lowest BCUT2D eigenvalue weighted by Crippen LogP contribution is -2.36. The van der Waals surface area contributed by atoms with Crippen molar-refractivity contribution in [2.75, 3.05) is 18.0 Å². The molecule has 54 heavy (non-hydrogen) atoms. The number of hydrogen-bond acceptors (Lipinski definition) is 7. The number of aromatic nitrogens is 4. The molecule has 3 saturated heterocycles. The number of anilines is 1. The molecule has 0 saturated carbocycles. The van der Waals surface area contributed by atoms with Gasteiger partial charge in [0.25, 0.3) is 0 Å². The van der Waals surface area contributed by atoms with Gasteiger partial charge < -0.3 is 24.3 Å². The Labute approximate surface area is 315 Å². The molecule has 8 rings (SSSR count). The van der Waals surface area contributed by atoms with Gasteiger partial charge in [-0.2, -0.15) is 0 Å². The number of fused-ring (bicyclic) bond motifs is 2. The number of hydrogen-bond donors (Lipinski definition) is 2. The van der Waals surface area contributed by atoms with Crippen LogP contribution < -0.4 is 4.90 Å². The zero-order valence-electron chi connectivity index (χ0n) is 32.0. The van der Waals surface area contributed by atoms with Gasteiger partial charge in [0.2, 0.25) is 0 Å². The molecule has 0 aliphatic carbocycles. The number of H-pyrrole nitrogens is 2. The first-order valence-electron chi connectivity index (χ1n) is 19.2. The smallest absolute Gasteiger partial charge is 0.410 e. The van der Waals surface area contributed by atoms with Crippen LogP contribution in [-0.4, -0.2) is 66.2 Å². The molecule has 12 heteroatoms. The van der Waals surface area contributed by atoms with Gasteiger partial charge in [0.1, 0.15) is 28.7 Å². The summed E-state index contributed by atoms with van der Waals surface area (Å²) in [6.07, 6.45) is 4.57. The topological polar surface area (TPSA) is 120 Å². The molecular formula is C42H50FN7O4. The lowest BCUT2D eigenvalue weighted by atomic mass is 10.0. The minimum atomic E-state index is -0.573. The number of carbonyl (C=O) groups is 2. The van der Waals surface area contributed by atoms with E-state index in [0.717, 1.165) is 89.1 Å². The summed E-state index contributed by atoms with van der Waals surface area (Å²) in [4.78, 5) is 49.0. The Morgan fingerprint density at radius 3 is 1.52 bits per heavy atom. The molecule has 2 amide bonds. The number of likely N-dealkylation sites (tertiary alicyclic amines) is 2. The van der Waals surface area contributed by atoms with Crippen molar-refractivity contribution >= 4 is 39.9 Å². The first kappa shape index (κ1) is 35.9. The molecule has 3 fully saturated rings. The number of nitrogens with zero attached hydrogens (tertiary/aromatic N) is 5. The number of imidazole rings is 2. The number of rotatable bonds is 5. The molecule has 0 spiro atoms. The zero-order chi connectivity index (χ0) is 37.9. The summed E-state index contributed by atoms with van der Waals surface area (Å²) >= 11 is 0.